The van der Waals surface area contributed by atoms with Crippen LogP contribution in [0.4, 0.5) is 0 Å². The van der Waals surface area contributed by atoms with Crippen molar-refractivity contribution in [1.29, 1.82) is 0 Å². The van der Waals surface area contributed by atoms with E-state index in [0.717, 1.165) is 47.3 Å². The number of H-pyrrole nitrogens is 1. The predicted octanol–water partition coefficient (Wildman–Crippen LogP) is 4.38. The average Bonchev–Trinajstić information content (AvgIpc) is 3.52. The van der Waals surface area contributed by atoms with Gasteiger partial charge in [0.15, 0.2) is 5.82 Å². The Hall–Kier alpha value is -3.26. The van der Waals surface area contributed by atoms with E-state index in [1.165, 1.54) is 24.8 Å². The fourth-order valence-corrected chi connectivity index (χ4v) is 4.80. The molecule has 4 aromatic rings. The summed E-state index contributed by atoms with van der Waals surface area (Å²) in [5, 5.41) is 13.7. The minimum Gasteiger partial charge on any atom is -0.468 e. The van der Waals surface area contributed by atoms with Crippen molar-refractivity contribution >= 4 is 10.9 Å². The molecule has 0 spiro atoms. The van der Waals surface area contributed by atoms with E-state index in [2.05, 4.69) is 44.5 Å². The van der Waals surface area contributed by atoms with E-state index < -0.39 is 0 Å². The van der Waals surface area contributed by atoms with Gasteiger partial charge in [-0.05, 0) is 71.0 Å². The molecule has 172 valence electrons. The molecule has 0 unspecified atom stereocenters. The number of aromatic nitrogens is 5. The number of aryl methyl sites for hydroxylation is 1. The molecule has 1 aliphatic rings. The third-order valence-electron chi connectivity index (χ3n) is 6.59. The quantitative estimate of drug-likeness (QED) is 0.432. The van der Waals surface area contributed by atoms with Crippen LogP contribution in [0.15, 0.2) is 51.9 Å². The number of rotatable bonds is 8. The van der Waals surface area contributed by atoms with Crippen LogP contribution in [0.3, 0.4) is 0 Å². The number of hydrogen-bond acceptors (Lipinski definition) is 6. The molecule has 0 amide bonds. The van der Waals surface area contributed by atoms with Crippen molar-refractivity contribution in [3.05, 3.63) is 75.7 Å². The zero-order chi connectivity index (χ0) is 22.6. The van der Waals surface area contributed by atoms with Crippen molar-refractivity contribution in [2.24, 2.45) is 0 Å². The second-order valence-electron chi connectivity index (χ2n) is 8.95. The summed E-state index contributed by atoms with van der Waals surface area (Å²) in [6.45, 7) is 3.71. The lowest BCUT2D eigenvalue weighted by atomic mass is 9.95. The monoisotopic (exact) mass is 446 g/mol. The first-order valence-corrected chi connectivity index (χ1v) is 11.9. The Morgan fingerprint density at radius 3 is 2.79 bits per heavy atom. The number of pyridine rings is 1. The number of fused-ring (bicyclic) bond motifs is 1. The van der Waals surface area contributed by atoms with Gasteiger partial charge in [0.1, 0.15) is 5.76 Å². The maximum absolute atomic E-state index is 12.9. The van der Waals surface area contributed by atoms with Crippen molar-refractivity contribution in [3.63, 3.8) is 0 Å². The van der Waals surface area contributed by atoms with Crippen molar-refractivity contribution in [2.45, 2.75) is 71.1 Å². The van der Waals surface area contributed by atoms with Gasteiger partial charge >= 0.3 is 0 Å². The highest BCUT2D eigenvalue weighted by atomic mass is 16.3. The molecule has 3 heterocycles. The average molecular weight is 447 g/mol. The van der Waals surface area contributed by atoms with Crippen LogP contribution in [0, 0.1) is 0 Å². The summed E-state index contributed by atoms with van der Waals surface area (Å²) < 4.78 is 7.60. The topological polar surface area (TPSA) is 92.8 Å². The van der Waals surface area contributed by atoms with E-state index in [-0.39, 0.29) is 5.56 Å². The van der Waals surface area contributed by atoms with Gasteiger partial charge in [-0.25, -0.2) is 4.68 Å². The van der Waals surface area contributed by atoms with Gasteiger partial charge in [0.25, 0.3) is 5.56 Å². The molecule has 1 saturated carbocycles. The first kappa shape index (κ1) is 21.6. The van der Waals surface area contributed by atoms with Crippen LogP contribution >= 0.6 is 0 Å². The summed E-state index contributed by atoms with van der Waals surface area (Å²) in [6, 6.07) is 12.4. The number of furan rings is 1. The summed E-state index contributed by atoms with van der Waals surface area (Å²) in [5.74, 6) is 1.68. The minimum absolute atomic E-state index is 0.0666. The third-order valence-corrected chi connectivity index (χ3v) is 6.59. The van der Waals surface area contributed by atoms with Gasteiger partial charge in [0.2, 0.25) is 0 Å². The highest BCUT2D eigenvalue weighted by molar-refractivity contribution is 5.79. The second kappa shape index (κ2) is 9.70. The Morgan fingerprint density at radius 1 is 1.12 bits per heavy atom. The molecule has 33 heavy (non-hydrogen) atoms. The van der Waals surface area contributed by atoms with Gasteiger partial charge in [-0.15, -0.1) is 5.10 Å². The molecular formula is C25H30N6O2. The largest absolute Gasteiger partial charge is 0.468 e. The van der Waals surface area contributed by atoms with E-state index in [1.54, 1.807) is 6.26 Å². The molecule has 1 aliphatic carbocycles. The molecule has 0 aliphatic heterocycles. The molecule has 0 bridgehead atoms. The fourth-order valence-electron chi connectivity index (χ4n) is 4.80. The zero-order valence-corrected chi connectivity index (χ0v) is 19.0. The van der Waals surface area contributed by atoms with Crippen molar-refractivity contribution < 1.29 is 4.42 Å². The van der Waals surface area contributed by atoms with Crippen LogP contribution in [-0.4, -0.2) is 30.1 Å². The molecule has 8 heteroatoms. The van der Waals surface area contributed by atoms with Crippen molar-refractivity contribution in [2.75, 3.05) is 0 Å². The van der Waals surface area contributed by atoms with E-state index in [0.29, 0.717) is 25.7 Å². The van der Waals surface area contributed by atoms with Gasteiger partial charge in [0, 0.05) is 17.6 Å². The molecule has 1 aromatic carbocycles. The van der Waals surface area contributed by atoms with Gasteiger partial charge in [-0.2, -0.15) is 0 Å². The van der Waals surface area contributed by atoms with Crippen molar-refractivity contribution in [3.8, 4) is 0 Å². The third kappa shape index (κ3) is 4.90. The first-order chi connectivity index (χ1) is 16.2. The van der Waals surface area contributed by atoms with Crippen LogP contribution < -0.4 is 5.56 Å². The van der Waals surface area contributed by atoms with Gasteiger partial charge in [-0.1, -0.05) is 32.3 Å². The Labute approximate surface area is 192 Å². The summed E-state index contributed by atoms with van der Waals surface area (Å²) in [5.41, 5.74) is 2.77. The normalized spacial score (nSPS) is 15.0. The van der Waals surface area contributed by atoms with Gasteiger partial charge < -0.3 is 9.40 Å². The van der Waals surface area contributed by atoms with Crippen LogP contribution in [-0.2, 0) is 26.1 Å². The van der Waals surface area contributed by atoms with Crippen LogP contribution in [0.5, 0.6) is 0 Å². The summed E-state index contributed by atoms with van der Waals surface area (Å²) in [4.78, 5) is 18.1. The number of aromatic amines is 1. The summed E-state index contributed by atoms with van der Waals surface area (Å²) in [6.07, 6.45) is 8.57. The first-order valence-electron chi connectivity index (χ1n) is 11.9. The van der Waals surface area contributed by atoms with E-state index >= 15 is 0 Å². The highest BCUT2D eigenvalue weighted by Crippen LogP contribution is 2.28. The van der Waals surface area contributed by atoms with Crippen molar-refractivity contribution in [1.82, 2.24) is 30.1 Å². The SMILES string of the molecule is CCc1ccc2[nH]c(=O)c(CN(Cc3ccco3)Cc3nnnn3C3CCCCC3)cc2c1. The Morgan fingerprint density at radius 2 is 2.00 bits per heavy atom. The van der Waals surface area contributed by atoms with E-state index in [9.17, 15) is 4.79 Å². The van der Waals surface area contributed by atoms with Gasteiger partial charge in [-0.3, -0.25) is 9.69 Å². The van der Waals surface area contributed by atoms with E-state index in [1.807, 2.05) is 28.9 Å². The molecule has 0 atom stereocenters. The minimum atomic E-state index is -0.0666. The Bertz CT molecular complexity index is 1250. The predicted molar refractivity (Wildman–Crippen MR) is 126 cm³/mol. The van der Waals surface area contributed by atoms with Crippen LogP contribution in [0.1, 0.15) is 67.8 Å². The molecule has 1 N–H and O–H groups in total. The second-order valence-corrected chi connectivity index (χ2v) is 8.95. The molecular weight excluding hydrogens is 416 g/mol. The lowest BCUT2D eigenvalue weighted by Gasteiger charge is -2.25. The number of nitrogens with zero attached hydrogens (tertiary/aromatic N) is 5. The zero-order valence-electron chi connectivity index (χ0n) is 19.0. The summed E-state index contributed by atoms with van der Waals surface area (Å²) in [7, 11) is 0. The lowest BCUT2D eigenvalue weighted by molar-refractivity contribution is 0.209. The Kier molecular flexibility index (Phi) is 6.35. The van der Waals surface area contributed by atoms with Gasteiger partial charge in [0.05, 0.1) is 25.4 Å². The summed E-state index contributed by atoms with van der Waals surface area (Å²) >= 11 is 0. The fraction of sp³-hybridized carbons (Fsp3) is 0.440. The molecule has 1 fully saturated rings. The highest BCUT2D eigenvalue weighted by Gasteiger charge is 2.22. The maximum Gasteiger partial charge on any atom is 0.252 e. The number of tetrazole rings is 1. The number of nitrogens with one attached hydrogen (secondary N) is 1. The Balaban J connectivity index is 1.43. The smallest absolute Gasteiger partial charge is 0.252 e. The number of benzene rings is 1. The molecule has 0 saturated heterocycles. The molecule has 8 nitrogen and oxygen atoms in total. The molecule has 5 rings (SSSR count). The van der Waals surface area contributed by atoms with E-state index in [4.69, 9.17) is 4.42 Å². The van der Waals surface area contributed by atoms with Crippen LogP contribution in [0.25, 0.3) is 10.9 Å². The molecule has 0 radical (unpaired) electrons. The maximum atomic E-state index is 12.9. The lowest BCUT2D eigenvalue weighted by Crippen LogP contribution is -2.28. The standard InChI is InChI=1S/C25H30N6O2/c1-2-18-10-11-23-19(13-18)14-20(25(32)26-23)15-30(16-22-9-6-12-33-22)17-24-27-28-29-31(24)21-7-4-3-5-8-21/h6,9-14,21H,2-5,7-8,15-17H2,1H3,(H,26,32). The van der Waals surface area contributed by atoms with Crippen LogP contribution in [0.2, 0.25) is 0 Å². The number of hydrogen-bond donors (Lipinski definition) is 1. The molecule has 3 aromatic heterocycles.